The molecule has 0 radical (unpaired) electrons. The van der Waals surface area contributed by atoms with Crippen LogP contribution in [0.3, 0.4) is 0 Å². The molecule has 4 aromatic rings. The highest BCUT2D eigenvalue weighted by molar-refractivity contribution is 6.00. The Morgan fingerprint density at radius 1 is 0.844 bits per heavy atom. The number of carbonyl (C=O) groups is 1. The van der Waals surface area contributed by atoms with Gasteiger partial charge in [-0.1, -0.05) is 6.07 Å². The first-order valence-electron chi connectivity index (χ1n) is 9.77. The van der Waals surface area contributed by atoms with Crippen molar-refractivity contribution in [2.45, 2.75) is 0 Å². The quantitative estimate of drug-likeness (QED) is 0.360. The summed E-state index contributed by atoms with van der Waals surface area (Å²) in [7, 11) is 3.17. The Morgan fingerprint density at radius 2 is 1.53 bits per heavy atom. The standard InChI is InChI=1S/C24H21FN4O3/c1-31-22-13-19-20(10-11-26-21(19)14-23(22)32-2)27-16-6-8-17(9-7-16)28-24(30)29-18-5-3-4-15(25)12-18/h3-14H,1-2H3,(H,26,27)(H2,28,29,30). The average Bonchev–Trinajstić information content (AvgIpc) is 2.79. The number of anilines is 4. The van der Waals surface area contributed by atoms with Crippen LogP contribution in [0.5, 0.6) is 11.5 Å². The SMILES string of the molecule is COc1cc2nccc(Nc3ccc(NC(=O)Nc4cccc(F)c4)cc3)c2cc1OC. The largest absolute Gasteiger partial charge is 0.493 e. The molecule has 0 bridgehead atoms. The van der Waals surface area contributed by atoms with Gasteiger partial charge in [-0.3, -0.25) is 4.98 Å². The number of carbonyl (C=O) groups excluding carboxylic acids is 1. The Balaban J connectivity index is 1.48. The lowest BCUT2D eigenvalue weighted by molar-refractivity contribution is 0.262. The molecule has 0 saturated heterocycles. The van der Waals surface area contributed by atoms with Gasteiger partial charge in [-0.25, -0.2) is 9.18 Å². The highest BCUT2D eigenvalue weighted by Gasteiger charge is 2.10. The maximum absolute atomic E-state index is 13.2. The van der Waals surface area contributed by atoms with Gasteiger partial charge < -0.3 is 25.4 Å². The van der Waals surface area contributed by atoms with Gasteiger partial charge in [0.1, 0.15) is 5.82 Å². The minimum Gasteiger partial charge on any atom is -0.493 e. The third-order valence-corrected chi connectivity index (χ3v) is 4.75. The fourth-order valence-electron chi connectivity index (χ4n) is 3.23. The van der Waals surface area contributed by atoms with Gasteiger partial charge in [0.15, 0.2) is 11.5 Å². The Hall–Kier alpha value is -4.33. The number of halogens is 1. The summed E-state index contributed by atoms with van der Waals surface area (Å²) in [5.41, 5.74) is 3.40. The van der Waals surface area contributed by atoms with E-state index in [4.69, 9.17) is 9.47 Å². The van der Waals surface area contributed by atoms with Crippen molar-refractivity contribution in [3.63, 3.8) is 0 Å². The lowest BCUT2D eigenvalue weighted by Crippen LogP contribution is -2.19. The third kappa shape index (κ3) is 4.70. The molecule has 0 unspecified atom stereocenters. The van der Waals surface area contributed by atoms with Gasteiger partial charge in [-0.05, 0) is 54.6 Å². The highest BCUT2D eigenvalue weighted by atomic mass is 19.1. The van der Waals surface area contributed by atoms with Crippen molar-refractivity contribution in [3.8, 4) is 11.5 Å². The van der Waals surface area contributed by atoms with E-state index in [1.807, 2.05) is 30.3 Å². The van der Waals surface area contributed by atoms with Crippen LogP contribution < -0.4 is 25.4 Å². The van der Waals surface area contributed by atoms with Crippen LogP contribution in [-0.2, 0) is 0 Å². The number of nitrogens with one attached hydrogen (secondary N) is 3. The number of urea groups is 1. The van der Waals surface area contributed by atoms with E-state index in [1.54, 1.807) is 38.6 Å². The summed E-state index contributed by atoms with van der Waals surface area (Å²) < 4.78 is 24.0. The van der Waals surface area contributed by atoms with E-state index in [0.29, 0.717) is 22.9 Å². The molecule has 0 saturated carbocycles. The fourth-order valence-corrected chi connectivity index (χ4v) is 3.23. The van der Waals surface area contributed by atoms with E-state index in [0.717, 1.165) is 22.3 Å². The van der Waals surface area contributed by atoms with Crippen LogP contribution in [0.2, 0.25) is 0 Å². The zero-order valence-corrected chi connectivity index (χ0v) is 17.5. The molecule has 0 fully saturated rings. The maximum atomic E-state index is 13.2. The Morgan fingerprint density at radius 3 is 2.25 bits per heavy atom. The Kier molecular flexibility index (Phi) is 6.03. The van der Waals surface area contributed by atoms with Crippen molar-refractivity contribution in [3.05, 3.63) is 78.7 Å². The van der Waals surface area contributed by atoms with Crippen LogP contribution in [0, 0.1) is 5.82 Å². The fraction of sp³-hybridized carbons (Fsp3) is 0.0833. The predicted molar refractivity (Wildman–Crippen MR) is 124 cm³/mol. The smallest absolute Gasteiger partial charge is 0.323 e. The van der Waals surface area contributed by atoms with Crippen molar-refractivity contribution in [1.82, 2.24) is 4.98 Å². The van der Waals surface area contributed by atoms with Crippen molar-refractivity contribution in [2.24, 2.45) is 0 Å². The van der Waals surface area contributed by atoms with Gasteiger partial charge in [0.2, 0.25) is 0 Å². The van der Waals surface area contributed by atoms with E-state index in [-0.39, 0.29) is 0 Å². The topological polar surface area (TPSA) is 84.5 Å². The number of aromatic nitrogens is 1. The molecule has 1 heterocycles. The number of amides is 2. The molecule has 32 heavy (non-hydrogen) atoms. The summed E-state index contributed by atoms with van der Waals surface area (Å²) in [4.78, 5) is 16.5. The molecule has 0 atom stereocenters. The first-order valence-corrected chi connectivity index (χ1v) is 9.77. The lowest BCUT2D eigenvalue weighted by Gasteiger charge is -2.13. The predicted octanol–water partition coefficient (Wildman–Crippen LogP) is 5.78. The second-order valence-corrected chi connectivity index (χ2v) is 6.87. The van der Waals surface area contributed by atoms with E-state index in [2.05, 4.69) is 20.9 Å². The van der Waals surface area contributed by atoms with Gasteiger partial charge in [0.25, 0.3) is 0 Å². The number of hydrogen-bond acceptors (Lipinski definition) is 5. The van der Waals surface area contributed by atoms with Crippen LogP contribution in [0.25, 0.3) is 10.9 Å². The number of hydrogen-bond donors (Lipinski definition) is 3. The summed E-state index contributed by atoms with van der Waals surface area (Å²) in [6.45, 7) is 0. The van der Waals surface area contributed by atoms with E-state index in [9.17, 15) is 9.18 Å². The maximum Gasteiger partial charge on any atom is 0.323 e. The first kappa shape index (κ1) is 20.9. The summed E-state index contributed by atoms with van der Waals surface area (Å²) in [6.07, 6.45) is 1.71. The molecule has 8 heteroatoms. The van der Waals surface area contributed by atoms with E-state index in [1.165, 1.54) is 18.2 Å². The van der Waals surface area contributed by atoms with Crippen LogP contribution in [0.1, 0.15) is 0 Å². The number of methoxy groups -OCH3 is 2. The molecule has 1 aromatic heterocycles. The first-order chi connectivity index (χ1) is 15.6. The van der Waals surface area contributed by atoms with E-state index >= 15 is 0 Å². The average molecular weight is 432 g/mol. The molecule has 4 rings (SSSR count). The van der Waals surface area contributed by atoms with E-state index < -0.39 is 11.8 Å². The molecule has 2 amide bonds. The van der Waals surface area contributed by atoms with Crippen molar-refractivity contribution < 1.29 is 18.7 Å². The van der Waals surface area contributed by atoms with Gasteiger partial charge in [-0.15, -0.1) is 0 Å². The normalized spacial score (nSPS) is 10.5. The highest BCUT2D eigenvalue weighted by Crippen LogP contribution is 2.35. The monoisotopic (exact) mass is 432 g/mol. The van der Waals surface area contributed by atoms with Gasteiger partial charge in [0.05, 0.1) is 19.7 Å². The molecule has 7 nitrogen and oxygen atoms in total. The number of pyridine rings is 1. The second-order valence-electron chi connectivity index (χ2n) is 6.87. The molecule has 162 valence electrons. The lowest BCUT2D eigenvalue weighted by atomic mass is 10.1. The second kappa shape index (κ2) is 9.22. The molecule has 3 N–H and O–H groups in total. The Bertz CT molecular complexity index is 1260. The van der Waals surface area contributed by atoms with Crippen molar-refractivity contribution in [1.29, 1.82) is 0 Å². The summed E-state index contributed by atoms with van der Waals surface area (Å²) >= 11 is 0. The minimum atomic E-state index is -0.461. The summed E-state index contributed by atoms with van der Waals surface area (Å²) in [6, 6.07) is 18.0. The van der Waals surface area contributed by atoms with Crippen LogP contribution in [0.15, 0.2) is 72.9 Å². The van der Waals surface area contributed by atoms with Crippen LogP contribution in [-0.4, -0.2) is 25.2 Å². The van der Waals surface area contributed by atoms with Crippen LogP contribution in [0.4, 0.5) is 31.9 Å². The summed E-state index contributed by atoms with van der Waals surface area (Å²) in [5.74, 6) is 0.800. The van der Waals surface area contributed by atoms with Crippen LogP contribution >= 0.6 is 0 Å². The molecule has 0 aliphatic rings. The van der Waals surface area contributed by atoms with Gasteiger partial charge in [-0.2, -0.15) is 0 Å². The number of rotatable bonds is 6. The minimum absolute atomic E-state index is 0.373. The zero-order valence-electron chi connectivity index (χ0n) is 17.5. The van der Waals surface area contributed by atoms with Gasteiger partial charge >= 0.3 is 6.03 Å². The number of fused-ring (bicyclic) bond motifs is 1. The molecule has 0 aliphatic carbocycles. The number of ether oxygens (including phenoxy) is 2. The third-order valence-electron chi connectivity index (χ3n) is 4.75. The molecule has 0 spiro atoms. The molecular formula is C24H21FN4O3. The number of nitrogens with zero attached hydrogens (tertiary/aromatic N) is 1. The molecular weight excluding hydrogens is 411 g/mol. The van der Waals surface area contributed by atoms with Crippen molar-refractivity contribution >= 4 is 39.7 Å². The zero-order chi connectivity index (χ0) is 22.5. The molecule has 3 aromatic carbocycles. The molecule has 0 aliphatic heterocycles. The Labute approximate surface area is 184 Å². The van der Waals surface area contributed by atoms with Crippen molar-refractivity contribution in [2.75, 3.05) is 30.2 Å². The number of benzene rings is 3. The summed E-state index contributed by atoms with van der Waals surface area (Å²) in [5, 5.41) is 9.54. The van der Waals surface area contributed by atoms with Gasteiger partial charge in [0, 0.05) is 40.4 Å².